The van der Waals surface area contributed by atoms with Crippen molar-refractivity contribution in [3.05, 3.63) is 34.3 Å². The Labute approximate surface area is 126 Å². The highest BCUT2D eigenvalue weighted by Gasteiger charge is 2.33. The second-order valence-electron chi connectivity index (χ2n) is 5.34. The van der Waals surface area contributed by atoms with Crippen LogP contribution in [0.1, 0.15) is 37.8 Å². The number of rotatable bonds is 6. The third-order valence-electron chi connectivity index (χ3n) is 3.71. The van der Waals surface area contributed by atoms with Crippen LogP contribution in [0.15, 0.2) is 28.7 Å². The van der Waals surface area contributed by atoms with Crippen LogP contribution < -0.4 is 5.32 Å². The Morgan fingerprint density at radius 1 is 1.35 bits per heavy atom. The lowest BCUT2D eigenvalue weighted by atomic mass is 10.0. The smallest absolute Gasteiger partial charge is 0.305 e. The van der Waals surface area contributed by atoms with Crippen LogP contribution in [0, 0.1) is 11.8 Å². The minimum absolute atomic E-state index is 0.0401. The van der Waals surface area contributed by atoms with Crippen molar-refractivity contribution in [1.29, 1.82) is 0 Å². The molecule has 2 N–H and O–H groups in total. The molecule has 108 valence electrons. The van der Waals surface area contributed by atoms with Gasteiger partial charge in [0.15, 0.2) is 0 Å². The number of amides is 1. The normalized spacial score (nSPS) is 17.3. The van der Waals surface area contributed by atoms with E-state index in [0.717, 1.165) is 22.9 Å². The van der Waals surface area contributed by atoms with Crippen LogP contribution >= 0.6 is 15.9 Å². The summed E-state index contributed by atoms with van der Waals surface area (Å²) in [5, 5.41) is 11.9. The summed E-state index contributed by atoms with van der Waals surface area (Å²) >= 11 is 3.34. The first-order chi connectivity index (χ1) is 9.47. The molecule has 0 spiro atoms. The number of carboxylic acid groups (broad SMARTS) is 1. The van der Waals surface area contributed by atoms with Crippen LogP contribution in [0.25, 0.3) is 0 Å². The van der Waals surface area contributed by atoms with Gasteiger partial charge in [-0.2, -0.15) is 0 Å². The van der Waals surface area contributed by atoms with Gasteiger partial charge in [0.25, 0.3) is 0 Å². The molecule has 0 aliphatic heterocycles. The van der Waals surface area contributed by atoms with Gasteiger partial charge in [0.1, 0.15) is 0 Å². The Kier molecular flexibility index (Phi) is 4.81. The summed E-state index contributed by atoms with van der Waals surface area (Å²) < 4.78 is 0.924. The number of carboxylic acids is 1. The average Bonchev–Trinajstić information content (AvgIpc) is 3.21. The lowest BCUT2D eigenvalue weighted by Crippen LogP contribution is -2.34. The van der Waals surface area contributed by atoms with E-state index in [0.29, 0.717) is 5.92 Å². The molecule has 0 saturated heterocycles. The second-order valence-corrected chi connectivity index (χ2v) is 6.25. The molecule has 2 atom stereocenters. The maximum absolute atomic E-state index is 12.1. The number of nitrogens with one attached hydrogen (secondary N) is 1. The van der Waals surface area contributed by atoms with Gasteiger partial charge in [-0.1, -0.05) is 35.0 Å². The summed E-state index contributed by atoms with van der Waals surface area (Å²) in [5.41, 5.74) is 0.812. The summed E-state index contributed by atoms with van der Waals surface area (Å²) in [6.07, 6.45) is 2.08. The van der Waals surface area contributed by atoms with Crippen molar-refractivity contribution in [2.45, 2.75) is 32.2 Å². The SMILES string of the molecule is CC(C(=O)NC(CC(=O)O)c1ccc(Br)cc1)C1CC1. The van der Waals surface area contributed by atoms with E-state index in [1.54, 1.807) is 0 Å². The zero-order valence-corrected chi connectivity index (χ0v) is 12.9. The number of hydrogen-bond donors (Lipinski definition) is 2. The maximum atomic E-state index is 12.1. The third-order valence-corrected chi connectivity index (χ3v) is 4.24. The molecule has 0 bridgehead atoms. The number of halogens is 1. The first-order valence-corrected chi connectivity index (χ1v) is 7.54. The van der Waals surface area contributed by atoms with Crippen LogP contribution in [0.5, 0.6) is 0 Å². The number of carbonyl (C=O) groups excluding carboxylic acids is 1. The number of hydrogen-bond acceptors (Lipinski definition) is 2. The molecule has 0 radical (unpaired) electrons. The Morgan fingerprint density at radius 2 is 1.95 bits per heavy atom. The molecule has 2 rings (SSSR count). The van der Waals surface area contributed by atoms with E-state index >= 15 is 0 Å². The minimum Gasteiger partial charge on any atom is -0.481 e. The fourth-order valence-corrected chi connectivity index (χ4v) is 2.50. The quantitative estimate of drug-likeness (QED) is 0.836. The molecular formula is C15H18BrNO3. The van der Waals surface area contributed by atoms with Crippen molar-refractivity contribution in [3.8, 4) is 0 Å². The van der Waals surface area contributed by atoms with E-state index in [4.69, 9.17) is 5.11 Å². The zero-order valence-electron chi connectivity index (χ0n) is 11.3. The van der Waals surface area contributed by atoms with Gasteiger partial charge in [-0.05, 0) is 36.5 Å². The van der Waals surface area contributed by atoms with Gasteiger partial charge in [-0.3, -0.25) is 9.59 Å². The Morgan fingerprint density at radius 3 is 2.45 bits per heavy atom. The topological polar surface area (TPSA) is 66.4 Å². The summed E-state index contributed by atoms with van der Waals surface area (Å²) in [5.74, 6) is -0.550. The summed E-state index contributed by atoms with van der Waals surface area (Å²) in [4.78, 5) is 23.1. The van der Waals surface area contributed by atoms with Gasteiger partial charge < -0.3 is 10.4 Å². The summed E-state index contributed by atoms with van der Waals surface area (Å²) in [6, 6.07) is 6.88. The zero-order chi connectivity index (χ0) is 14.7. The van der Waals surface area contributed by atoms with Crippen molar-refractivity contribution in [2.75, 3.05) is 0 Å². The highest BCUT2D eigenvalue weighted by Crippen LogP contribution is 2.37. The molecule has 1 aliphatic rings. The lowest BCUT2D eigenvalue weighted by Gasteiger charge is -2.20. The molecule has 1 aliphatic carbocycles. The summed E-state index contributed by atoms with van der Waals surface area (Å²) in [7, 11) is 0. The Balaban J connectivity index is 2.08. The van der Waals surface area contributed by atoms with Crippen LogP contribution in [0.3, 0.4) is 0 Å². The number of benzene rings is 1. The predicted molar refractivity (Wildman–Crippen MR) is 79.2 cm³/mol. The van der Waals surface area contributed by atoms with E-state index in [2.05, 4.69) is 21.2 Å². The first kappa shape index (κ1) is 15.0. The highest BCUT2D eigenvalue weighted by atomic mass is 79.9. The van der Waals surface area contributed by atoms with Crippen molar-refractivity contribution in [3.63, 3.8) is 0 Å². The molecule has 1 fully saturated rings. The van der Waals surface area contributed by atoms with Gasteiger partial charge in [0.05, 0.1) is 12.5 Å². The minimum atomic E-state index is -0.919. The summed E-state index contributed by atoms with van der Waals surface area (Å²) in [6.45, 7) is 1.91. The largest absolute Gasteiger partial charge is 0.481 e. The fraction of sp³-hybridized carbons (Fsp3) is 0.467. The molecule has 5 heteroatoms. The molecule has 0 heterocycles. The van der Waals surface area contributed by atoms with Crippen molar-refractivity contribution >= 4 is 27.8 Å². The number of carbonyl (C=O) groups is 2. The molecule has 1 amide bonds. The van der Waals surface area contributed by atoms with Gasteiger partial charge >= 0.3 is 5.97 Å². The molecule has 4 nitrogen and oxygen atoms in total. The predicted octanol–water partition coefficient (Wildman–Crippen LogP) is 3.13. The van der Waals surface area contributed by atoms with E-state index in [9.17, 15) is 9.59 Å². The average molecular weight is 340 g/mol. The van der Waals surface area contributed by atoms with Crippen LogP contribution in [-0.4, -0.2) is 17.0 Å². The molecular weight excluding hydrogens is 322 g/mol. The van der Waals surface area contributed by atoms with Crippen molar-refractivity contribution in [1.82, 2.24) is 5.32 Å². The van der Waals surface area contributed by atoms with E-state index < -0.39 is 12.0 Å². The maximum Gasteiger partial charge on any atom is 0.305 e. The van der Waals surface area contributed by atoms with E-state index in [1.165, 1.54) is 0 Å². The van der Waals surface area contributed by atoms with E-state index in [1.807, 2.05) is 31.2 Å². The molecule has 2 unspecified atom stereocenters. The van der Waals surface area contributed by atoms with Crippen molar-refractivity contribution < 1.29 is 14.7 Å². The highest BCUT2D eigenvalue weighted by molar-refractivity contribution is 9.10. The molecule has 1 saturated carbocycles. The van der Waals surface area contributed by atoms with Gasteiger partial charge in [0, 0.05) is 10.4 Å². The second kappa shape index (κ2) is 6.39. The molecule has 1 aromatic rings. The monoisotopic (exact) mass is 339 g/mol. The van der Waals surface area contributed by atoms with Crippen LogP contribution in [0.2, 0.25) is 0 Å². The van der Waals surface area contributed by atoms with Gasteiger partial charge in [-0.15, -0.1) is 0 Å². The Hall–Kier alpha value is -1.36. The van der Waals surface area contributed by atoms with Gasteiger partial charge in [0.2, 0.25) is 5.91 Å². The van der Waals surface area contributed by atoms with Crippen LogP contribution in [0.4, 0.5) is 0 Å². The van der Waals surface area contributed by atoms with Gasteiger partial charge in [-0.25, -0.2) is 0 Å². The molecule has 1 aromatic carbocycles. The number of aliphatic carboxylic acids is 1. The molecule has 0 aromatic heterocycles. The van der Waals surface area contributed by atoms with Crippen molar-refractivity contribution in [2.24, 2.45) is 11.8 Å². The Bertz CT molecular complexity index is 496. The standard InChI is InChI=1S/C15H18BrNO3/c1-9(10-2-3-10)15(20)17-13(8-14(18)19)11-4-6-12(16)7-5-11/h4-7,9-10,13H,2-3,8H2,1H3,(H,17,20)(H,18,19). The fourth-order valence-electron chi connectivity index (χ4n) is 2.24. The lowest BCUT2D eigenvalue weighted by molar-refractivity contribution is -0.138. The first-order valence-electron chi connectivity index (χ1n) is 6.75. The van der Waals surface area contributed by atoms with Crippen LogP contribution in [-0.2, 0) is 9.59 Å². The molecule has 20 heavy (non-hydrogen) atoms. The third kappa shape index (κ3) is 4.07. The van der Waals surface area contributed by atoms with E-state index in [-0.39, 0.29) is 18.2 Å².